The highest BCUT2D eigenvalue weighted by Gasteiger charge is 2.16. The smallest absolute Gasteiger partial charge is 0.200 e. The Bertz CT molecular complexity index is 1240. The van der Waals surface area contributed by atoms with Gasteiger partial charge in [0.15, 0.2) is 10.4 Å². The molecule has 0 aliphatic rings. The van der Waals surface area contributed by atoms with E-state index in [1.807, 2.05) is 6.07 Å². The molecule has 0 radical (unpaired) electrons. The zero-order chi connectivity index (χ0) is 19.1. The van der Waals surface area contributed by atoms with E-state index in [0.717, 1.165) is 16.7 Å². The van der Waals surface area contributed by atoms with Gasteiger partial charge in [0.25, 0.3) is 0 Å². The Labute approximate surface area is 168 Å². The number of anilines is 1. The van der Waals surface area contributed by atoms with Gasteiger partial charge in [-0.1, -0.05) is 29.3 Å². The number of fused-ring (bicyclic) bond motifs is 1. The molecule has 3 N–H and O–H groups in total. The van der Waals surface area contributed by atoms with Crippen molar-refractivity contribution in [2.24, 2.45) is 0 Å². The monoisotopic (exact) mass is 416 g/mol. The zero-order valence-electron chi connectivity index (χ0n) is 13.6. The number of H-pyrrole nitrogens is 1. The fraction of sp³-hybridized carbons (Fsp3) is 0. The van der Waals surface area contributed by atoms with Crippen LogP contribution in [0.5, 0.6) is 0 Å². The van der Waals surface area contributed by atoms with Gasteiger partial charge in [0.05, 0.1) is 11.1 Å². The number of hydrogen-bond acceptors (Lipinski definition) is 4. The van der Waals surface area contributed by atoms with E-state index in [1.165, 1.54) is 12.1 Å². The molecule has 0 atom stereocenters. The summed E-state index contributed by atoms with van der Waals surface area (Å²) in [6, 6.07) is 13.0. The molecule has 0 amide bonds. The second kappa shape index (κ2) is 6.88. The first-order valence-electron chi connectivity index (χ1n) is 7.84. The first kappa shape index (κ1) is 17.9. The Morgan fingerprint density at radius 1 is 0.963 bits per heavy atom. The minimum Gasteiger partial charge on any atom is -0.385 e. The first-order valence-corrected chi connectivity index (χ1v) is 9.01. The second-order valence-electron chi connectivity index (χ2n) is 5.84. The number of benzene rings is 2. The number of aromatic nitrogens is 3. The van der Waals surface area contributed by atoms with E-state index in [1.54, 1.807) is 30.3 Å². The van der Waals surface area contributed by atoms with Gasteiger partial charge in [-0.15, -0.1) is 0 Å². The maximum absolute atomic E-state index is 13.3. The number of rotatable bonds is 2. The van der Waals surface area contributed by atoms with Crippen molar-refractivity contribution in [1.29, 1.82) is 0 Å². The molecule has 2 aromatic heterocycles. The van der Waals surface area contributed by atoms with E-state index in [9.17, 15) is 4.39 Å². The summed E-state index contributed by atoms with van der Waals surface area (Å²) in [5, 5.41) is 1.58. The number of hydrogen-bond donors (Lipinski definition) is 2. The molecule has 4 rings (SSSR count). The molecule has 0 spiro atoms. The summed E-state index contributed by atoms with van der Waals surface area (Å²) >= 11 is 17.6. The molecule has 2 aromatic carbocycles. The summed E-state index contributed by atoms with van der Waals surface area (Å²) in [6.45, 7) is 0. The Kier molecular flexibility index (Phi) is 4.55. The van der Waals surface area contributed by atoms with Gasteiger partial charge in [0.2, 0.25) is 0 Å². The van der Waals surface area contributed by atoms with Crippen LogP contribution in [0.2, 0.25) is 10.0 Å². The predicted molar refractivity (Wildman–Crippen MR) is 110 cm³/mol. The standard InChI is InChI=1S/C19H11Cl2FN4S/c20-10-3-6-12(14(21)7-10)13-8-15(9-1-4-11(22)5-2-9)24-18-16(13)17(23)25-19(27)26-18/h1-8H,(H3,23,24,25,26,27). The lowest BCUT2D eigenvalue weighted by Crippen LogP contribution is -2.00. The Hall–Kier alpha value is -2.54. The van der Waals surface area contributed by atoms with E-state index >= 15 is 0 Å². The third-order valence-corrected chi connectivity index (χ3v) is 4.82. The molecule has 27 heavy (non-hydrogen) atoms. The SMILES string of the molecule is Nc1[nH]c(=S)nc2nc(-c3ccc(F)cc3)cc(-c3ccc(Cl)cc3Cl)c12. The highest BCUT2D eigenvalue weighted by Crippen LogP contribution is 2.38. The van der Waals surface area contributed by atoms with E-state index in [0.29, 0.717) is 32.6 Å². The topological polar surface area (TPSA) is 67.6 Å². The van der Waals surface area contributed by atoms with E-state index in [2.05, 4.69) is 15.0 Å². The number of nitrogens with two attached hydrogens (primary N) is 1. The average Bonchev–Trinajstić information content (AvgIpc) is 2.61. The summed E-state index contributed by atoms with van der Waals surface area (Å²) in [4.78, 5) is 11.7. The van der Waals surface area contributed by atoms with Crippen molar-refractivity contribution < 1.29 is 4.39 Å². The number of pyridine rings is 1. The largest absolute Gasteiger partial charge is 0.385 e. The highest BCUT2D eigenvalue weighted by atomic mass is 35.5. The number of nitrogen functional groups attached to an aromatic ring is 1. The van der Waals surface area contributed by atoms with Gasteiger partial charge in [-0.2, -0.15) is 4.98 Å². The van der Waals surface area contributed by atoms with Crippen molar-refractivity contribution in [3.05, 3.63) is 69.2 Å². The number of nitrogens with zero attached hydrogens (tertiary/aromatic N) is 2. The zero-order valence-corrected chi connectivity index (χ0v) is 16.0. The molecule has 0 aliphatic heterocycles. The lowest BCUT2D eigenvalue weighted by molar-refractivity contribution is 0.628. The molecular weight excluding hydrogens is 406 g/mol. The average molecular weight is 417 g/mol. The third kappa shape index (κ3) is 3.39. The van der Waals surface area contributed by atoms with Crippen LogP contribution in [0.4, 0.5) is 10.2 Å². The van der Waals surface area contributed by atoms with Crippen molar-refractivity contribution in [3.63, 3.8) is 0 Å². The minimum absolute atomic E-state index is 0.219. The highest BCUT2D eigenvalue weighted by molar-refractivity contribution is 7.71. The van der Waals surface area contributed by atoms with E-state index < -0.39 is 0 Å². The van der Waals surface area contributed by atoms with Gasteiger partial charge in [0.1, 0.15) is 11.6 Å². The quantitative estimate of drug-likeness (QED) is 0.390. The van der Waals surface area contributed by atoms with Crippen molar-refractivity contribution >= 4 is 52.3 Å². The van der Waals surface area contributed by atoms with Gasteiger partial charge in [-0.05, 0) is 60.2 Å². The van der Waals surface area contributed by atoms with E-state index in [-0.39, 0.29) is 10.6 Å². The minimum atomic E-state index is -0.328. The third-order valence-electron chi connectivity index (χ3n) is 4.08. The molecule has 0 bridgehead atoms. The summed E-state index contributed by atoms with van der Waals surface area (Å²) in [5.41, 5.74) is 9.29. The predicted octanol–water partition coefficient (Wildman–Crippen LogP) is 6.05. The number of nitrogens with one attached hydrogen (secondary N) is 1. The van der Waals surface area contributed by atoms with Crippen LogP contribution in [0.25, 0.3) is 33.4 Å². The van der Waals surface area contributed by atoms with Gasteiger partial charge in [-0.25, -0.2) is 9.37 Å². The second-order valence-corrected chi connectivity index (χ2v) is 7.07. The molecule has 0 fully saturated rings. The summed E-state index contributed by atoms with van der Waals surface area (Å²) < 4.78 is 13.5. The van der Waals surface area contributed by atoms with Crippen LogP contribution in [0, 0.1) is 10.6 Å². The van der Waals surface area contributed by atoms with Crippen LogP contribution < -0.4 is 5.73 Å². The maximum atomic E-state index is 13.3. The molecule has 0 unspecified atom stereocenters. The van der Waals surface area contributed by atoms with Crippen LogP contribution in [-0.2, 0) is 0 Å². The molecule has 0 aliphatic carbocycles. The normalized spacial score (nSPS) is 11.1. The lowest BCUT2D eigenvalue weighted by Gasteiger charge is -2.13. The van der Waals surface area contributed by atoms with Crippen molar-refractivity contribution in [3.8, 4) is 22.4 Å². The molecule has 134 valence electrons. The van der Waals surface area contributed by atoms with Crippen LogP contribution in [0.15, 0.2) is 48.5 Å². The van der Waals surface area contributed by atoms with Crippen molar-refractivity contribution in [1.82, 2.24) is 15.0 Å². The van der Waals surface area contributed by atoms with E-state index in [4.69, 9.17) is 41.2 Å². The van der Waals surface area contributed by atoms with Crippen molar-refractivity contribution in [2.45, 2.75) is 0 Å². The van der Waals surface area contributed by atoms with Crippen LogP contribution in [0.3, 0.4) is 0 Å². The Balaban J connectivity index is 2.08. The number of halogens is 3. The van der Waals surface area contributed by atoms with Crippen LogP contribution >= 0.6 is 35.4 Å². The van der Waals surface area contributed by atoms with Gasteiger partial charge >= 0.3 is 0 Å². The molecule has 4 nitrogen and oxygen atoms in total. The number of aromatic amines is 1. The fourth-order valence-electron chi connectivity index (χ4n) is 2.87. The van der Waals surface area contributed by atoms with Gasteiger partial charge in [-0.3, -0.25) is 0 Å². The van der Waals surface area contributed by atoms with Crippen molar-refractivity contribution in [2.75, 3.05) is 5.73 Å². The van der Waals surface area contributed by atoms with Crippen LogP contribution in [0.1, 0.15) is 0 Å². The molecule has 0 saturated heterocycles. The molecule has 4 aromatic rings. The summed E-state index contributed by atoms with van der Waals surface area (Å²) in [7, 11) is 0. The molecular formula is C19H11Cl2FN4S. The lowest BCUT2D eigenvalue weighted by atomic mass is 9.99. The summed E-state index contributed by atoms with van der Waals surface area (Å²) in [5.74, 6) is 0.00879. The van der Waals surface area contributed by atoms with Crippen LogP contribution in [-0.4, -0.2) is 15.0 Å². The summed E-state index contributed by atoms with van der Waals surface area (Å²) in [6.07, 6.45) is 0. The Morgan fingerprint density at radius 2 is 1.70 bits per heavy atom. The molecule has 0 saturated carbocycles. The maximum Gasteiger partial charge on any atom is 0.200 e. The van der Waals surface area contributed by atoms with Gasteiger partial charge in [0, 0.05) is 21.2 Å². The fourth-order valence-corrected chi connectivity index (χ4v) is 3.58. The Morgan fingerprint density at radius 3 is 2.41 bits per heavy atom. The molecule has 2 heterocycles. The van der Waals surface area contributed by atoms with Gasteiger partial charge < -0.3 is 10.7 Å². The first-order chi connectivity index (χ1) is 12.9. The molecule has 8 heteroatoms.